The Bertz CT molecular complexity index is 583. The summed E-state index contributed by atoms with van der Waals surface area (Å²) in [5, 5.41) is 3.69. The van der Waals surface area contributed by atoms with E-state index in [9.17, 15) is 0 Å². The van der Waals surface area contributed by atoms with Crippen molar-refractivity contribution in [1.82, 2.24) is 10.3 Å². The highest BCUT2D eigenvalue weighted by Crippen LogP contribution is 2.25. The second-order valence-electron chi connectivity index (χ2n) is 5.63. The Morgan fingerprint density at radius 1 is 1.19 bits per heavy atom. The van der Waals surface area contributed by atoms with Gasteiger partial charge in [-0.25, -0.2) is 0 Å². The Morgan fingerprint density at radius 2 is 2.05 bits per heavy atom. The van der Waals surface area contributed by atoms with Crippen LogP contribution in [0.5, 0.6) is 5.75 Å². The van der Waals surface area contributed by atoms with Gasteiger partial charge in [0.1, 0.15) is 5.75 Å². The fourth-order valence-corrected chi connectivity index (χ4v) is 3.00. The molecule has 1 N–H and O–H groups in total. The Morgan fingerprint density at radius 3 is 2.86 bits per heavy atom. The normalized spacial score (nSPS) is 17.3. The molecule has 0 saturated carbocycles. The van der Waals surface area contributed by atoms with Crippen molar-refractivity contribution < 1.29 is 4.74 Å². The highest BCUT2D eigenvalue weighted by atomic mass is 16.5. The Hall–Kier alpha value is -1.87. The summed E-state index contributed by atoms with van der Waals surface area (Å²) in [7, 11) is 1.73. The monoisotopic (exact) mass is 282 g/mol. The Balaban J connectivity index is 1.54. The standard InChI is InChI=1S/C18H22N2O/c1-21-18-5-3-15-2-4-17(12-16(15)13-18)20-11-8-14-6-9-19-10-7-14/h3,5-7,9-10,13,17,20H,2,4,8,11-12H2,1H3. The topological polar surface area (TPSA) is 34.1 Å². The molecule has 1 aromatic carbocycles. The summed E-state index contributed by atoms with van der Waals surface area (Å²) >= 11 is 0. The van der Waals surface area contributed by atoms with Crippen molar-refractivity contribution in [1.29, 1.82) is 0 Å². The maximum Gasteiger partial charge on any atom is 0.119 e. The number of aryl methyl sites for hydroxylation is 1. The van der Waals surface area contributed by atoms with Crippen LogP contribution in [0.1, 0.15) is 23.1 Å². The fourth-order valence-electron chi connectivity index (χ4n) is 3.00. The van der Waals surface area contributed by atoms with Gasteiger partial charge in [0.05, 0.1) is 7.11 Å². The molecule has 1 heterocycles. The number of fused-ring (bicyclic) bond motifs is 1. The van der Waals surface area contributed by atoms with Gasteiger partial charge >= 0.3 is 0 Å². The smallest absolute Gasteiger partial charge is 0.119 e. The van der Waals surface area contributed by atoms with Crippen LogP contribution in [0.15, 0.2) is 42.7 Å². The second-order valence-corrected chi connectivity index (χ2v) is 5.63. The molecule has 0 spiro atoms. The van der Waals surface area contributed by atoms with E-state index in [2.05, 4.69) is 40.6 Å². The van der Waals surface area contributed by atoms with Crippen LogP contribution in [0.25, 0.3) is 0 Å². The number of nitrogens with one attached hydrogen (secondary N) is 1. The van der Waals surface area contributed by atoms with Crippen molar-refractivity contribution >= 4 is 0 Å². The molecule has 1 aliphatic rings. The molecule has 0 amide bonds. The molecule has 0 saturated heterocycles. The van der Waals surface area contributed by atoms with Crippen molar-refractivity contribution in [3.63, 3.8) is 0 Å². The average molecular weight is 282 g/mol. The quantitative estimate of drug-likeness (QED) is 0.915. The fraction of sp³-hybridized carbons (Fsp3) is 0.389. The molecule has 1 unspecified atom stereocenters. The summed E-state index contributed by atoms with van der Waals surface area (Å²) in [4.78, 5) is 4.05. The summed E-state index contributed by atoms with van der Waals surface area (Å²) in [6.07, 6.45) is 8.26. The summed E-state index contributed by atoms with van der Waals surface area (Å²) in [6.45, 7) is 1.02. The van der Waals surface area contributed by atoms with Gasteiger partial charge in [-0.15, -0.1) is 0 Å². The van der Waals surface area contributed by atoms with Crippen LogP contribution in [0, 0.1) is 0 Å². The van der Waals surface area contributed by atoms with E-state index in [4.69, 9.17) is 4.74 Å². The molecule has 0 fully saturated rings. The maximum absolute atomic E-state index is 5.33. The minimum atomic E-state index is 0.575. The van der Waals surface area contributed by atoms with Gasteiger partial charge in [-0.3, -0.25) is 4.98 Å². The third kappa shape index (κ3) is 3.61. The van der Waals surface area contributed by atoms with Crippen molar-refractivity contribution in [3.8, 4) is 5.75 Å². The van der Waals surface area contributed by atoms with E-state index >= 15 is 0 Å². The van der Waals surface area contributed by atoms with Crippen LogP contribution < -0.4 is 10.1 Å². The minimum Gasteiger partial charge on any atom is -0.497 e. The van der Waals surface area contributed by atoms with E-state index in [-0.39, 0.29) is 0 Å². The zero-order valence-electron chi connectivity index (χ0n) is 12.5. The van der Waals surface area contributed by atoms with Crippen molar-refractivity contribution in [2.24, 2.45) is 0 Å². The van der Waals surface area contributed by atoms with Gasteiger partial charge in [0, 0.05) is 18.4 Å². The molecule has 1 atom stereocenters. The number of rotatable bonds is 5. The Kier molecular flexibility index (Phi) is 4.51. The molecule has 3 rings (SSSR count). The lowest BCUT2D eigenvalue weighted by Crippen LogP contribution is -2.35. The van der Waals surface area contributed by atoms with Gasteiger partial charge in [-0.05, 0) is 73.2 Å². The molecule has 0 aliphatic heterocycles. The van der Waals surface area contributed by atoms with Gasteiger partial charge in [0.15, 0.2) is 0 Å². The van der Waals surface area contributed by atoms with Gasteiger partial charge in [0.2, 0.25) is 0 Å². The Labute approximate surface area is 126 Å². The third-order valence-corrected chi connectivity index (χ3v) is 4.24. The molecule has 3 nitrogen and oxygen atoms in total. The first-order valence-corrected chi connectivity index (χ1v) is 7.63. The maximum atomic E-state index is 5.33. The van der Waals surface area contributed by atoms with Crippen LogP contribution in [0.4, 0.5) is 0 Å². The summed E-state index contributed by atoms with van der Waals surface area (Å²) in [5.41, 5.74) is 4.25. The van der Waals surface area contributed by atoms with Gasteiger partial charge < -0.3 is 10.1 Å². The first kappa shape index (κ1) is 14.1. The molecule has 0 radical (unpaired) electrons. The first-order chi connectivity index (χ1) is 10.3. The lowest BCUT2D eigenvalue weighted by molar-refractivity contribution is 0.411. The van der Waals surface area contributed by atoms with E-state index in [1.54, 1.807) is 7.11 Å². The number of hydrogen-bond donors (Lipinski definition) is 1. The van der Waals surface area contributed by atoms with Crippen molar-refractivity contribution in [2.45, 2.75) is 31.7 Å². The predicted octanol–water partition coefficient (Wildman–Crippen LogP) is 2.78. The van der Waals surface area contributed by atoms with Crippen molar-refractivity contribution in [2.75, 3.05) is 13.7 Å². The van der Waals surface area contributed by atoms with E-state index in [0.29, 0.717) is 6.04 Å². The van der Waals surface area contributed by atoms with Crippen LogP contribution in [-0.2, 0) is 19.3 Å². The number of aromatic nitrogens is 1. The van der Waals surface area contributed by atoms with Crippen molar-refractivity contribution in [3.05, 3.63) is 59.4 Å². The lowest BCUT2D eigenvalue weighted by Gasteiger charge is -2.26. The number of nitrogens with zero attached hydrogens (tertiary/aromatic N) is 1. The summed E-state index contributed by atoms with van der Waals surface area (Å²) in [6, 6.07) is 11.2. The molecule has 1 aliphatic carbocycles. The van der Waals surface area contributed by atoms with Crippen LogP contribution in [0.2, 0.25) is 0 Å². The largest absolute Gasteiger partial charge is 0.497 e. The van der Waals surface area contributed by atoms with Gasteiger partial charge in [0.25, 0.3) is 0 Å². The van der Waals surface area contributed by atoms with E-state index < -0.39 is 0 Å². The molecule has 1 aromatic heterocycles. The zero-order valence-corrected chi connectivity index (χ0v) is 12.5. The molecule has 3 heteroatoms. The lowest BCUT2D eigenvalue weighted by atomic mass is 9.88. The minimum absolute atomic E-state index is 0.575. The molecular weight excluding hydrogens is 260 g/mol. The molecule has 110 valence electrons. The highest BCUT2D eigenvalue weighted by Gasteiger charge is 2.18. The van der Waals surface area contributed by atoms with E-state index in [1.165, 1.54) is 23.1 Å². The molecule has 2 aromatic rings. The molecular formula is C18H22N2O. The highest BCUT2D eigenvalue weighted by molar-refractivity contribution is 5.37. The molecule has 0 bridgehead atoms. The summed E-state index contributed by atoms with van der Waals surface area (Å²) in [5.74, 6) is 0.964. The second kappa shape index (κ2) is 6.72. The summed E-state index contributed by atoms with van der Waals surface area (Å²) < 4.78 is 5.33. The number of methoxy groups -OCH3 is 1. The van der Waals surface area contributed by atoms with Crippen LogP contribution >= 0.6 is 0 Å². The van der Waals surface area contributed by atoms with E-state index in [1.807, 2.05) is 12.4 Å². The van der Waals surface area contributed by atoms with Crippen LogP contribution in [-0.4, -0.2) is 24.7 Å². The SMILES string of the molecule is COc1ccc2c(c1)CC(NCCc1ccncc1)CC2. The van der Waals surface area contributed by atoms with Crippen LogP contribution in [0.3, 0.4) is 0 Å². The van der Waals surface area contributed by atoms with E-state index in [0.717, 1.165) is 31.6 Å². The first-order valence-electron chi connectivity index (χ1n) is 7.63. The number of hydrogen-bond acceptors (Lipinski definition) is 3. The number of ether oxygens (including phenoxy) is 1. The molecule has 21 heavy (non-hydrogen) atoms. The average Bonchev–Trinajstić information content (AvgIpc) is 2.55. The predicted molar refractivity (Wildman–Crippen MR) is 84.8 cm³/mol. The number of benzene rings is 1. The van der Waals surface area contributed by atoms with Gasteiger partial charge in [-0.1, -0.05) is 6.07 Å². The number of pyridine rings is 1. The third-order valence-electron chi connectivity index (χ3n) is 4.24. The van der Waals surface area contributed by atoms with Gasteiger partial charge in [-0.2, -0.15) is 0 Å². The zero-order chi connectivity index (χ0) is 14.5.